The lowest BCUT2D eigenvalue weighted by Gasteiger charge is -2.08. The molecule has 0 saturated heterocycles. The van der Waals surface area contributed by atoms with Crippen molar-refractivity contribution in [2.24, 2.45) is 0 Å². The monoisotopic (exact) mass is 269 g/mol. The minimum absolute atomic E-state index is 0.0277. The van der Waals surface area contributed by atoms with Crippen LogP contribution < -0.4 is 0 Å². The predicted octanol–water partition coefficient (Wildman–Crippen LogP) is 3.50. The van der Waals surface area contributed by atoms with Crippen molar-refractivity contribution >= 4 is 11.6 Å². The van der Waals surface area contributed by atoms with Crippen LogP contribution >= 0.6 is 0 Å². The quantitative estimate of drug-likeness (QED) is 0.797. The highest BCUT2D eigenvalue weighted by Gasteiger charge is 2.12. The van der Waals surface area contributed by atoms with Gasteiger partial charge in [-0.25, -0.2) is 0 Å². The summed E-state index contributed by atoms with van der Waals surface area (Å²) in [6, 6.07) is 7.51. The van der Waals surface area contributed by atoms with Gasteiger partial charge in [0.2, 0.25) is 0 Å². The van der Waals surface area contributed by atoms with Gasteiger partial charge in [0.15, 0.2) is 11.6 Å². The molecule has 0 saturated carbocycles. The van der Waals surface area contributed by atoms with E-state index in [4.69, 9.17) is 0 Å². The van der Waals surface area contributed by atoms with Gasteiger partial charge in [-0.1, -0.05) is 12.1 Å². The maximum atomic E-state index is 12.3. The summed E-state index contributed by atoms with van der Waals surface area (Å²) in [7, 11) is 0. The van der Waals surface area contributed by atoms with Crippen LogP contribution in [-0.2, 0) is 6.54 Å². The smallest absolute Gasteiger partial charge is 0.182 e. The van der Waals surface area contributed by atoms with Crippen molar-refractivity contribution in [2.75, 3.05) is 0 Å². The molecule has 2 aromatic rings. The van der Waals surface area contributed by atoms with Gasteiger partial charge in [-0.3, -0.25) is 9.59 Å². The lowest BCUT2D eigenvalue weighted by molar-refractivity contribution is 0.0967. The fourth-order valence-corrected chi connectivity index (χ4v) is 2.26. The molecule has 0 radical (unpaired) electrons. The van der Waals surface area contributed by atoms with Crippen LogP contribution in [0.15, 0.2) is 30.5 Å². The van der Waals surface area contributed by atoms with Crippen molar-refractivity contribution in [3.05, 3.63) is 58.4 Å². The Morgan fingerprint density at radius 2 is 1.75 bits per heavy atom. The largest absolute Gasteiger partial charge is 0.343 e. The highest BCUT2D eigenvalue weighted by atomic mass is 16.1. The van der Waals surface area contributed by atoms with E-state index in [-0.39, 0.29) is 18.1 Å². The number of nitrogens with zero attached hydrogens (tertiary/aromatic N) is 1. The standard InChI is InChI=1S/C17H19NO2/c1-11-5-6-15(9-12(11)2)17(20)10-18-8-7-16(13(18)3)14(4)19/h5-9H,10H2,1-4H3. The third-order valence-electron chi connectivity index (χ3n) is 3.76. The molecule has 0 aliphatic heterocycles. The van der Waals surface area contributed by atoms with Gasteiger partial charge in [-0.15, -0.1) is 0 Å². The summed E-state index contributed by atoms with van der Waals surface area (Å²) in [4.78, 5) is 23.7. The maximum absolute atomic E-state index is 12.3. The first-order chi connectivity index (χ1) is 9.40. The Kier molecular flexibility index (Phi) is 3.89. The number of rotatable bonds is 4. The fourth-order valence-electron chi connectivity index (χ4n) is 2.26. The number of hydrogen-bond acceptors (Lipinski definition) is 2. The molecule has 0 aliphatic carbocycles. The summed E-state index contributed by atoms with van der Waals surface area (Å²) in [5, 5.41) is 0. The summed E-state index contributed by atoms with van der Waals surface area (Å²) >= 11 is 0. The Balaban J connectivity index is 2.23. The number of hydrogen-bond donors (Lipinski definition) is 0. The predicted molar refractivity (Wildman–Crippen MR) is 79.4 cm³/mol. The molecule has 3 nitrogen and oxygen atoms in total. The first-order valence-corrected chi connectivity index (χ1v) is 6.67. The number of aryl methyl sites for hydroxylation is 2. The van der Waals surface area contributed by atoms with Crippen LogP contribution in [0.5, 0.6) is 0 Å². The Bertz CT molecular complexity index is 680. The second kappa shape index (κ2) is 5.45. The number of carbonyl (C=O) groups excluding carboxylic acids is 2. The Labute approximate surface area is 119 Å². The molecular formula is C17H19NO2. The van der Waals surface area contributed by atoms with E-state index in [2.05, 4.69) is 0 Å². The highest BCUT2D eigenvalue weighted by molar-refractivity contribution is 5.97. The van der Waals surface area contributed by atoms with Crippen molar-refractivity contribution < 1.29 is 9.59 Å². The van der Waals surface area contributed by atoms with Crippen LogP contribution in [0.3, 0.4) is 0 Å². The molecule has 3 heteroatoms. The molecule has 104 valence electrons. The maximum Gasteiger partial charge on any atom is 0.182 e. The zero-order chi connectivity index (χ0) is 14.9. The summed E-state index contributed by atoms with van der Waals surface area (Å²) in [5.74, 6) is 0.0850. The van der Waals surface area contributed by atoms with Crippen molar-refractivity contribution in [1.82, 2.24) is 4.57 Å². The third-order valence-corrected chi connectivity index (χ3v) is 3.76. The molecule has 20 heavy (non-hydrogen) atoms. The van der Waals surface area contributed by atoms with E-state index in [1.165, 1.54) is 12.5 Å². The average molecular weight is 269 g/mol. The van der Waals surface area contributed by atoms with Crippen LogP contribution in [0, 0.1) is 20.8 Å². The molecule has 0 amide bonds. The van der Waals surface area contributed by atoms with Crippen molar-refractivity contribution in [3.63, 3.8) is 0 Å². The van der Waals surface area contributed by atoms with Gasteiger partial charge in [0, 0.05) is 23.0 Å². The number of benzene rings is 1. The minimum atomic E-state index is 0.0277. The fraction of sp³-hybridized carbons (Fsp3) is 0.294. The van der Waals surface area contributed by atoms with E-state index in [1.807, 2.05) is 43.5 Å². The van der Waals surface area contributed by atoms with Crippen molar-refractivity contribution in [3.8, 4) is 0 Å². The third kappa shape index (κ3) is 2.72. The average Bonchev–Trinajstić information content (AvgIpc) is 2.74. The summed E-state index contributed by atoms with van der Waals surface area (Å²) in [5.41, 5.74) is 4.53. The lowest BCUT2D eigenvalue weighted by atomic mass is 10.0. The molecule has 1 aromatic heterocycles. The molecule has 0 spiro atoms. The van der Waals surface area contributed by atoms with Gasteiger partial charge in [0.25, 0.3) is 0 Å². The Morgan fingerprint density at radius 1 is 1.05 bits per heavy atom. The molecule has 0 atom stereocenters. The first kappa shape index (κ1) is 14.3. The van der Waals surface area contributed by atoms with E-state index < -0.39 is 0 Å². The number of Topliss-reactive ketones (excluding diaryl/α,β-unsaturated/α-hetero) is 2. The van der Waals surface area contributed by atoms with E-state index >= 15 is 0 Å². The van der Waals surface area contributed by atoms with Gasteiger partial charge in [-0.05, 0) is 51.0 Å². The summed E-state index contributed by atoms with van der Waals surface area (Å²) in [6.45, 7) is 7.70. The van der Waals surface area contributed by atoms with Gasteiger partial charge in [0.05, 0.1) is 6.54 Å². The molecule has 1 heterocycles. The van der Waals surface area contributed by atoms with E-state index in [0.29, 0.717) is 11.1 Å². The molecule has 0 fully saturated rings. The van der Waals surface area contributed by atoms with E-state index in [1.54, 1.807) is 12.3 Å². The van der Waals surface area contributed by atoms with Gasteiger partial charge >= 0.3 is 0 Å². The van der Waals surface area contributed by atoms with Crippen LogP contribution in [0.25, 0.3) is 0 Å². The zero-order valence-corrected chi connectivity index (χ0v) is 12.4. The molecule has 1 aromatic carbocycles. The first-order valence-electron chi connectivity index (χ1n) is 6.67. The van der Waals surface area contributed by atoms with Crippen LogP contribution in [-0.4, -0.2) is 16.1 Å². The van der Waals surface area contributed by atoms with Crippen LogP contribution in [0.4, 0.5) is 0 Å². The Morgan fingerprint density at radius 3 is 2.30 bits per heavy atom. The van der Waals surface area contributed by atoms with Gasteiger partial charge in [-0.2, -0.15) is 0 Å². The minimum Gasteiger partial charge on any atom is -0.343 e. The van der Waals surface area contributed by atoms with E-state index in [0.717, 1.165) is 11.3 Å². The van der Waals surface area contributed by atoms with E-state index in [9.17, 15) is 9.59 Å². The summed E-state index contributed by atoms with van der Waals surface area (Å²) in [6.07, 6.45) is 1.80. The van der Waals surface area contributed by atoms with Crippen LogP contribution in [0.2, 0.25) is 0 Å². The van der Waals surface area contributed by atoms with Gasteiger partial charge in [0.1, 0.15) is 0 Å². The Hall–Kier alpha value is -2.16. The highest BCUT2D eigenvalue weighted by Crippen LogP contribution is 2.14. The molecule has 0 N–H and O–H groups in total. The second-order valence-electron chi connectivity index (χ2n) is 5.22. The molecule has 0 aliphatic rings. The van der Waals surface area contributed by atoms with Crippen molar-refractivity contribution in [2.45, 2.75) is 34.2 Å². The lowest BCUT2D eigenvalue weighted by Crippen LogP contribution is -2.12. The van der Waals surface area contributed by atoms with Crippen molar-refractivity contribution in [1.29, 1.82) is 0 Å². The zero-order valence-electron chi connectivity index (χ0n) is 12.4. The van der Waals surface area contributed by atoms with Crippen LogP contribution in [0.1, 0.15) is 44.5 Å². The normalized spacial score (nSPS) is 10.6. The second-order valence-corrected chi connectivity index (χ2v) is 5.22. The summed E-state index contributed by atoms with van der Waals surface area (Å²) < 4.78 is 1.83. The molecule has 0 unspecified atom stereocenters. The topological polar surface area (TPSA) is 39.1 Å². The SMILES string of the molecule is CC(=O)c1ccn(CC(=O)c2ccc(C)c(C)c2)c1C. The number of carbonyl (C=O) groups is 2. The molecular weight excluding hydrogens is 250 g/mol. The number of aromatic nitrogens is 1. The number of ketones is 2. The molecule has 2 rings (SSSR count). The van der Waals surface area contributed by atoms with Gasteiger partial charge < -0.3 is 4.57 Å². The molecule has 0 bridgehead atoms.